The minimum absolute atomic E-state index is 0.0462. The zero-order chi connectivity index (χ0) is 9.80. The zero-order valence-corrected chi connectivity index (χ0v) is 8.64. The Kier molecular flexibility index (Phi) is 3.10. The van der Waals surface area contributed by atoms with E-state index in [4.69, 9.17) is 0 Å². The highest BCUT2D eigenvalue weighted by molar-refractivity contribution is 7.07. The summed E-state index contributed by atoms with van der Waals surface area (Å²) in [6, 6.07) is 0.583. The molecule has 2 N–H and O–H groups in total. The van der Waals surface area contributed by atoms with Gasteiger partial charge < -0.3 is 10.6 Å². The number of amides is 1. The van der Waals surface area contributed by atoms with Gasteiger partial charge in [0.25, 0.3) is 0 Å². The predicted molar refractivity (Wildman–Crippen MR) is 55.0 cm³/mol. The van der Waals surface area contributed by atoms with Crippen molar-refractivity contribution in [2.75, 3.05) is 6.54 Å². The van der Waals surface area contributed by atoms with Gasteiger partial charge in [-0.3, -0.25) is 4.79 Å². The van der Waals surface area contributed by atoms with Crippen LogP contribution in [0.2, 0.25) is 0 Å². The summed E-state index contributed by atoms with van der Waals surface area (Å²) in [6.45, 7) is 0.962. The monoisotopic (exact) mass is 211 g/mol. The Morgan fingerprint density at radius 1 is 1.64 bits per heavy atom. The van der Waals surface area contributed by atoms with Crippen molar-refractivity contribution in [3.8, 4) is 0 Å². The molecule has 0 atom stereocenters. The maximum atomic E-state index is 11.3. The molecule has 2 rings (SSSR count). The number of hydrogen-bond acceptors (Lipinski definition) is 4. The molecule has 1 heterocycles. The van der Waals surface area contributed by atoms with Gasteiger partial charge in [0.2, 0.25) is 5.91 Å². The normalized spacial score (nSPS) is 15.4. The Morgan fingerprint density at radius 2 is 2.50 bits per heavy atom. The van der Waals surface area contributed by atoms with Crippen molar-refractivity contribution in [1.82, 2.24) is 15.6 Å². The molecule has 1 aromatic rings. The number of nitrogens with zero attached hydrogens (tertiary/aromatic N) is 1. The van der Waals surface area contributed by atoms with Crippen molar-refractivity contribution in [1.29, 1.82) is 0 Å². The van der Waals surface area contributed by atoms with Gasteiger partial charge in [0.1, 0.15) is 0 Å². The number of aromatic nitrogens is 1. The molecule has 5 heteroatoms. The van der Waals surface area contributed by atoms with Crippen LogP contribution in [0.4, 0.5) is 0 Å². The molecule has 1 saturated carbocycles. The van der Waals surface area contributed by atoms with Crippen LogP contribution in [0.3, 0.4) is 0 Å². The molecule has 0 spiro atoms. The second kappa shape index (κ2) is 4.52. The van der Waals surface area contributed by atoms with Gasteiger partial charge in [-0.2, -0.15) is 0 Å². The molecular weight excluding hydrogens is 198 g/mol. The van der Waals surface area contributed by atoms with Crippen molar-refractivity contribution >= 4 is 17.2 Å². The van der Waals surface area contributed by atoms with Gasteiger partial charge in [-0.1, -0.05) is 0 Å². The molecule has 14 heavy (non-hydrogen) atoms. The van der Waals surface area contributed by atoms with Crippen LogP contribution in [-0.2, 0) is 11.3 Å². The van der Waals surface area contributed by atoms with E-state index in [2.05, 4.69) is 15.6 Å². The molecule has 1 fully saturated rings. The summed E-state index contributed by atoms with van der Waals surface area (Å²) in [4.78, 5) is 15.4. The Morgan fingerprint density at radius 3 is 3.14 bits per heavy atom. The molecule has 0 aliphatic heterocycles. The van der Waals surface area contributed by atoms with Crippen molar-refractivity contribution in [3.05, 3.63) is 16.6 Å². The van der Waals surface area contributed by atoms with E-state index in [0.29, 0.717) is 19.1 Å². The van der Waals surface area contributed by atoms with Crippen molar-refractivity contribution in [3.63, 3.8) is 0 Å². The molecular formula is C9H13N3OS. The Balaban J connectivity index is 1.62. The second-order valence-electron chi connectivity index (χ2n) is 3.41. The van der Waals surface area contributed by atoms with E-state index in [0.717, 1.165) is 5.69 Å². The fourth-order valence-corrected chi connectivity index (χ4v) is 1.66. The first-order chi connectivity index (χ1) is 6.84. The Labute approximate surface area is 86.7 Å². The number of carbonyl (C=O) groups excluding carboxylic acids is 1. The van der Waals surface area contributed by atoms with Crippen molar-refractivity contribution in [2.24, 2.45) is 0 Å². The highest BCUT2D eigenvalue weighted by atomic mass is 32.1. The molecule has 1 aliphatic rings. The van der Waals surface area contributed by atoms with Gasteiger partial charge in [-0.05, 0) is 12.8 Å². The van der Waals surface area contributed by atoms with Crippen molar-refractivity contribution in [2.45, 2.75) is 25.4 Å². The summed E-state index contributed by atoms with van der Waals surface area (Å²) in [5, 5.41) is 7.91. The summed E-state index contributed by atoms with van der Waals surface area (Å²) in [5.74, 6) is 0.0462. The van der Waals surface area contributed by atoms with Gasteiger partial charge in [0, 0.05) is 11.4 Å². The lowest BCUT2D eigenvalue weighted by Crippen LogP contribution is -2.34. The molecule has 0 radical (unpaired) electrons. The second-order valence-corrected chi connectivity index (χ2v) is 4.13. The molecule has 1 amide bonds. The third-order valence-electron chi connectivity index (χ3n) is 2.08. The molecule has 76 valence electrons. The minimum atomic E-state index is 0.0462. The van der Waals surface area contributed by atoms with Crippen LogP contribution in [0.5, 0.6) is 0 Å². The zero-order valence-electron chi connectivity index (χ0n) is 7.82. The number of carbonyl (C=O) groups is 1. The van der Waals surface area contributed by atoms with Crippen LogP contribution >= 0.6 is 11.3 Å². The van der Waals surface area contributed by atoms with Gasteiger partial charge >= 0.3 is 0 Å². The SMILES string of the molecule is O=C(CNC1CC1)NCc1cscn1. The van der Waals surface area contributed by atoms with Crippen LogP contribution in [0.1, 0.15) is 18.5 Å². The molecule has 1 aliphatic carbocycles. The number of thiazole rings is 1. The lowest BCUT2D eigenvalue weighted by molar-refractivity contribution is -0.120. The topological polar surface area (TPSA) is 54.0 Å². The van der Waals surface area contributed by atoms with Crippen molar-refractivity contribution < 1.29 is 4.79 Å². The van der Waals surface area contributed by atoms with E-state index in [1.54, 1.807) is 16.8 Å². The highest BCUT2D eigenvalue weighted by Crippen LogP contribution is 2.17. The first kappa shape index (κ1) is 9.61. The smallest absolute Gasteiger partial charge is 0.234 e. The van der Waals surface area contributed by atoms with E-state index >= 15 is 0 Å². The minimum Gasteiger partial charge on any atom is -0.349 e. The van der Waals surface area contributed by atoms with E-state index in [9.17, 15) is 4.79 Å². The quantitative estimate of drug-likeness (QED) is 0.746. The van der Waals surface area contributed by atoms with Gasteiger partial charge in [-0.25, -0.2) is 4.98 Å². The maximum Gasteiger partial charge on any atom is 0.234 e. The fourth-order valence-electron chi connectivity index (χ4n) is 1.10. The number of hydrogen-bond donors (Lipinski definition) is 2. The molecule has 4 nitrogen and oxygen atoms in total. The highest BCUT2D eigenvalue weighted by Gasteiger charge is 2.20. The summed E-state index contributed by atoms with van der Waals surface area (Å²) in [5.41, 5.74) is 2.69. The Bertz CT molecular complexity index is 295. The predicted octanol–water partition coefficient (Wildman–Crippen LogP) is 0.511. The largest absolute Gasteiger partial charge is 0.349 e. The summed E-state index contributed by atoms with van der Waals surface area (Å²) < 4.78 is 0. The summed E-state index contributed by atoms with van der Waals surface area (Å²) >= 11 is 1.54. The standard InChI is InChI=1S/C9H13N3OS/c13-9(4-10-7-1-2-7)11-3-8-5-14-6-12-8/h5-7,10H,1-4H2,(H,11,13). The average Bonchev–Trinajstić information content (AvgIpc) is 2.87. The number of rotatable bonds is 5. The number of nitrogens with one attached hydrogen (secondary N) is 2. The van der Waals surface area contributed by atoms with Gasteiger partial charge in [-0.15, -0.1) is 11.3 Å². The summed E-state index contributed by atoms with van der Waals surface area (Å²) in [6.07, 6.45) is 2.42. The van der Waals surface area contributed by atoms with Gasteiger partial charge in [0.15, 0.2) is 0 Å². The van der Waals surface area contributed by atoms with E-state index in [1.165, 1.54) is 12.8 Å². The molecule has 0 aromatic carbocycles. The van der Waals surface area contributed by atoms with Gasteiger partial charge in [0.05, 0.1) is 24.3 Å². The molecule has 0 saturated heterocycles. The molecule has 0 unspecified atom stereocenters. The van der Waals surface area contributed by atoms with Crippen LogP contribution in [-0.4, -0.2) is 23.5 Å². The summed E-state index contributed by atoms with van der Waals surface area (Å²) in [7, 11) is 0. The lowest BCUT2D eigenvalue weighted by Gasteiger charge is -2.03. The molecule has 1 aromatic heterocycles. The maximum absolute atomic E-state index is 11.3. The molecule has 0 bridgehead atoms. The third-order valence-corrected chi connectivity index (χ3v) is 2.71. The van der Waals surface area contributed by atoms with Crippen LogP contribution in [0.25, 0.3) is 0 Å². The average molecular weight is 211 g/mol. The first-order valence-electron chi connectivity index (χ1n) is 4.72. The van der Waals surface area contributed by atoms with E-state index in [-0.39, 0.29) is 5.91 Å². The van der Waals surface area contributed by atoms with Crippen LogP contribution in [0.15, 0.2) is 10.9 Å². The fraction of sp³-hybridized carbons (Fsp3) is 0.556. The van der Waals surface area contributed by atoms with E-state index < -0.39 is 0 Å². The third kappa shape index (κ3) is 3.08. The van der Waals surface area contributed by atoms with Crippen LogP contribution < -0.4 is 10.6 Å². The van der Waals surface area contributed by atoms with Crippen LogP contribution in [0, 0.1) is 0 Å². The Hall–Kier alpha value is -0.940. The lowest BCUT2D eigenvalue weighted by atomic mass is 10.4. The van der Waals surface area contributed by atoms with E-state index in [1.807, 2.05) is 5.38 Å². The first-order valence-corrected chi connectivity index (χ1v) is 5.66.